The number of hydrogen-bond acceptors (Lipinski definition) is 4. The summed E-state index contributed by atoms with van der Waals surface area (Å²) in [5, 5.41) is 3.31. The van der Waals surface area contributed by atoms with Crippen molar-refractivity contribution in [3.63, 3.8) is 0 Å². The van der Waals surface area contributed by atoms with Gasteiger partial charge in [0.15, 0.2) is 0 Å². The van der Waals surface area contributed by atoms with Crippen LogP contribution in [0.25, 0.3) is 0 Å². The molecule has 1 aromatic heterocycles. The second-order valence-corrected chi connectivity index (χ2v) is 5.14. The molecule has 0 radical (unpaired) electrons. The molecule has 2 amide bonds. The fourth-order valence-electron chi connectivity index (χ4n) is 2.76. The van der Waals surface area contributed by atoms with E-state index >= 15 is 0 Å². The maximum atomic E-state index is 12.7. The van der Waals surface area contributed by atoms with Crippen molar-refractivity contribution in [2.45, 2.75) is 19.5 Å². The summed E-state index contributed by atoms with van der Waals surface area (Å²) in [5.74, 6) is -0.600. The molecule has 1 aliphatic rings. The Hall–Kier alpha value is -2.69. The molecular weight excluding hydrogens is 266 g/mol. The Labute approximate surface area is 122 Å². The molecule has 1 N–H and O–H groups in total. The average Bonchev–Trinajstić information content (AvgIpc) is 2.48. The highest BCUT2D eigenvalue weighted by molar-refractivity contribution is 6.10. The van der Waals surface area contributed by atoms with E-state index in [4.69, 9.17) is 0 Å². The van der Waals surface area contributed by atoms with Crippen LogP contribution < -0.4 is 5.32 Å². The van der Waals surface area contributed by atoms with Crippen LogP contribution in [-0.2, 0) is 10.5 Å². The van der Waals surface area contributed by atoms with Gasteiger partial charge in [0.05, 0.1) is 5.56 Å². The molecular formula is C16H15N3O2. The van der Waals surface area contributed by atoms with Gasteiger partial charge in [-0.1, -0.05) is 12.1 Å². The molecule has 0 saturated carbocycles. The minimum absolute atomic E-state index is 0.295. The molecule has 0 spiro atoms. The highest BCUT2D eigenvalue weighted by atomic mass is 16.2. The third-order valence-electron chi connectivity index (χ3n) is 3.74. The first-order valence-electron chi connectivity index (χ1n) is 6.67. The quantitative estimate of drug-likeness (QED) is 0.871. The normalized spacial score (nSPS) is 20.7. The number of carbonyl (C=O) groups is 2. The van der Waals surface area contributed by atoms with E-state index in [0.29, 0.717) is 5.56 Å². The Morgan fingerprint density at radius 2 is 1.86 bits per heavy atom. The Kier molecular flexibility index (Phi) is 2.97. The lowest BCUT2D eigenvalue weighted by Gasteiger charge is -2.44. The van der Waals surface area contributed by atoms with Gasteiger partial charge in [-0.3, -0.25) is 19.5 Å². The van der Waals surface area contributed by atoms with Crippen LogP contribution >= 0.6 is 0 Å². The Balaban J connectivity index is 2.20. The van der Waals surface area contributed by atoms with Crippen LogP contribution in [0.2, 0.25) is 0 Å². The molecule has 106 valence electrons. The number of fused-ring (bicyclic) bond motifs is 1. The lowest BCUT2D eigenvalue weighted by Crippen LogP contribution is -2.57. The van der Waals surface area contributed by atoms with Crippen LogP contribution in [-0.4, -0.2) is 21.7 Å². The minimum atomic E-state index is -0.930. The number of imide groups is 1. The van der Waals surface area contributed by atoms with Crippen LogP contribution in [0.4, 0.5) is 5.69 Å². The molecule has 1 atom stereocenters. The van der Waals surface area contributed by atoms with Gasteiger partial charge >= 0.3 is 0 Å². The summed E-state index contributed by atoms with van der Waals surface area (Å²) in [7, 11) is 0. The lowest BCUT2D eigenvalue weighted by atomic mass is 9.94. The van der Waals surface area contributed by atoms with E-state index in [9.17, 15) is 9.59 Å². The predicted octanol–water partition coefficient (Wildman–Crippen LogP) is 2.37. The lowest BCUT2D eigenvalue weighted by molar-refractivity contribution is -0.130. The number of benzene rings is 1. The number of aromatic nitrogens is 1. The van der Waals surface area contributed by atoms with E-state index in [1.165, 1.54) is 11.8 Å². The van der Waals surface area contributed by atoms with Gasteiger partial charge in [-0.05, 0) is 31.2 Å². The van der Waals surface area contributed by atoms with Crippen molar-refractivity contribution in [2.75, 3.05) is 5.32 Å². The summed E-state index contributed by atoms with van der Waals surface area (Å²) in [5.41, 5.74) is 1.09. The van der Waals surface area contributed by atoms with Crippen molar-refractivity contribution in [1.29, 1.82) is 0 Å². The first kappa shape index (κ1) is 13.3. The SMILES string of the molecule is CC(=O)N1C(=O)c2ccccc2NC1(C)c1ccncc1. The van der Waals surface area contributed by atoms with Crippen molar-refractivity contribution in [3.8, 4) is 0 Å². The smallest absolute Gasteiger partial charge is 0.264 e. The van der Waals surface area contributed by atoms with Crippen molar-refractivity contribution in [3.05, 3.63) is 59.9 Å². The summed E-state index contributed by atoms with van der Waals surface area (Å²) >= 11 is 0. The summed E-state index contributed by atoms with van der Waals surface area (Å²) in [6.07, 6.45) is 3.29. The zero-order chi connectivity index (χ0) is 15.0. The van der Waals surface area contributed by atoms with E-state index in [1.807, 2.05) is 19.1 Å². The third-order valence-corrected chi connectivity index (χ3v) is 3.74. The van der Waals surface area contributed by atoms with Gasteiger partial charge in [0.2, 0.25) is 5.91 Å². The van der Waals surface area contributed by atoms with Crippen LogP contribution in [0.5, 0.6) is 0 Å². The van der Waals surface area contributed by atoms with Crippen LogP contribution in [0.1, 0.15) is 29.8 Å². The summed E-state index contributed by atoms with van der Waals surface area (Å²) in [6.45, 7) is 3.21. The van der Waals surface area contributed by atoms with Crippen LogP contribution in [0.3, 0.4) is 0 Å². The summed E-state index contributed by atoms with van der Waals surface area (Å²) in [4.78, 5) is 30.0. The predicted molar refractivity (Wildman–Crippen MR) is 78.5 cm³/mol. The molecule has 0 saturated heterocycles. The van der Waals surface area contributed by atoms with Gasteiger partial charge in [0.1, 0.15) is 5.66 Å². The van der Waals surface area contributed by atoms with Gasteiger partial charge in [-0.25, -0.2) is 0 Å². The molecule has 1 aromatic carbocycles. The van der Waals surface area contributed by atoms with Crippen molar-refractivity contribution in [1.82, 2.24) is 9.88 Å². The zero-order valence-electron chi connectivity index (χ0n) is 11.8. The molecule has 5 heteroatoms. The number of nitrogens with zero attached hydrogens (tertiary/aromatic N) is 2. The fraction of sp³-hybridized carbons (Fsp3) is 0.188. The number of hydrogen-bond donors (Lipinski definition) is 1. The number of rotatable bonds is 1. The molecule has 2 heterocycles. The molecule has 5 nitrogen and oxygen atoms in total. The van der Waals surface area contributed by atoms with Crippen molar-refractivity contribution >= 4 is 17.5 Å². The van der Waals surface area contributed by atoms with E-state index in [1.54, 1.807) is 36.7 Å². The Bertz CT molecular complexity index is 714. The summed E-state index contributed by atoms with van der Waals surface area (Å²) in [6, 6.07) is 10.8. The molecule has 0 bridgehead atoms. The first-order valence-corrected chi connectivity index (χ1v) is 6.67. The van der Waals surface area contributed by atoms with Gasteiger partial charge < -0.3 is 5.32 Å². The van der Waals surface area contributed by atoms with Gasteiger partial charge in [-0.2, -0.15) is 0 Å². The molecule has 1 aliphatic heterocycles. The van der Waals surface area contributed by atoms with E-state index in [2.05, 4.69) is 10.3 Å². The number of pyridine rings is 1. The number of amides is 2. The average molecular weight is 281 g/mol. The first-order chi connectivity index (χ1) is 10.0. The zero-order valence-corrected chi connectivity index (χ0v) is 11.8. The van der Waals surface area contributed by atoms with Gasteiger partial charge in [0, 0.05) is 30.6 Å². The van der Waals surface area contributed by atoms with E-state index in [0.717, 1.165) is 11.3 Å². The second-order valence-electron chi connectivity index (χ2n) is 5.14. The van der Waals surface area contributed by atoms with Crippen LogP contribution in [0.15, 0.2) is 48.8 Å². The van der Waals surface area contributed by atoms with Crippen molar-refractivity contribution < 1.29 is 9.59 Å². The Morgan fingerprint density at radius 1 is 1.19 bits per heavy atom. The molecule has 0 aliphatic carbocycles. The summed E-state index contributed by atoms with van der Waals surface area (Å²) < 4.78 is 0. The monoisotopic (exact) mass is 281 g/mol. The molecule has 1 unspecified atom stereocenters. The maximum absolute atomic E-state index is 12.7. The van der Waals surface area contributed by atoms with E-state index in [-0.39, 0.29) is 11.8 Å². The van der Waals surface area contributed by atoms with Crippen LogP contribution in [0, 0.1) is 0 Å². The highest BCUT2D eigenvalue weighted by Gasteiger charge is 2.44. The highest BCUT2D eigenvalue weighted by Crippen LogP contribution is 2.37. The molecule has 21 heavy (non-hydrogen) atoms. The Morgan fingerprint density at radius 3 is 2.52 bits per heavy atom. The molecule has 3 rings (SSSR count). The largest absolute Gasteiger partial charge is 0.358 e. The third kappa shape index (κ3) is 1.98. The maximum Gasteiger partial charge on any atom is 0.264 e. The number of carbonyl (C=O) groups excluding carboxylic acids is 2. The minimum Gasteiger partial charge on any atom is -0.358 e. The standard InChI is InChI=1S/C16H15N3O2/c1-11(20)19-15(21)13-5-3-4-6-14(13)18-16(19,2)12-7-9-17-10-8-12/h3-10,18H,1-2H3. The number of anilines is 1. The second kappa shape index (κ2) is 4.70. The van der Waals surface area contributed by atoms with Crippen molar-refractivity contribution in [2.24, 2.45) is 0 Å². The van der Waals surface area contributed by atoms with Gasteiger partial charge in [0.25, 0.3) is 5.91 Å². The van der Waals surface area contributed by atoms with Gasteiger partial charge in [-0.15, -0.1) is 0 Å². The fourth-order valence-corrected chi connectivity index (χ4v) is 2.76. The van der Waals surface area contributed by atoms with E-state index < -0.39 is 5.66 Å². The molecule has 2 aromatic rings. The topological polar surface area (TPSA) is 62.3 Å². The molecule has 0 fully saturated rings. The number of nitrogens with one attached hydrogen (secondary N) is 1. The number of para-hydroxylation sites is 1.